The maximum atomic E-state index is 11.2. The van der Waals surface area contributed by atoms with E-state index in [0.717, 1.165) is 16.7 Å². The summed E-state index contributed by atoms with van der Waals surface area (Å²) in [5.41, 5.74) is 2.92. The molecule has 0 amide bonds. The van der Waals surface area contributed by atoms with Crippen LogP contribution in [-0.2, 0) is 0 Å². The molecular weight excluding hydrogens is 147 g/mol. The molecule has 0 aliphatic heterocycles. The highest BCUT2D eigenvalue weighted by atomic mass is 16.1. The first-order valence-corrected chi connectivity index (χ1v) is 3.95. The topological polar surface area (TPSA) is 17.1 Å². The first-order valence-electron chi connectivity index (χ1n) is 3.95. The van der Waals surface area contributed by atoms with Crippen molar-refractivity contribution in [2.75, 3.05) is 0 Å². The normalized spacial score (nSPS) is 9.83. The Bertz CT molecular complexity index is 284. The van der Waals surface area contributed by atoms with Crippen LogP contribution >= 0.6 is 0 Å². The van der Waals surface area contributed by atoms with Crippen LogP contribution in [0.3, 0.4) is 0 Å². The zero-order valence-electron chi connectivity index (χ0n) is 7.42. The number of ketones is 1. The van der Waals surface area contributed by atoms with Crippen molar-refractivity contribution in [3.05, 3.63) is 34.9 Å². The van der Waals surface area contributed by atoms with Gasteiger partial charge in [-0.3, -0.25) is 4.79 Å². The van der Waals surface area contributed by atoms with E-state index in [4.69, 9.17) is 7.85 Å². The van der Waals surface area contributed by atoms with Gasteiger partial charge in [-0.25, -0.2) is 0 Å². The maximum absolute atomic E-state index is 11.2. The van der Waals surface area contributed by atoms with Gasteiger partial charge in [0.2, 0.25) is 0 Å². The molecule has 0 fully saturated rings. The Morgan fingerprint density at radius 2 is 1.75 bits per heavy atom. The fourth-order valence-electron chi connectivity index (χ4n) is 1.25. The Morgan fingerprint density at radius 1 is 1.25 bits per heavy atom. The van der Waals surface area contributed by atoms with Crippen LogP contribution in [0.2, 0.25) is 6.32 Å². The lowest BCUT2D eigenvalue weighted by molar-refractivity contribution is 0.101. The Morgan fingerprint density at radius 3 is 2.17 bits per heavy atom. The number of Topliss-reactive ketones (excluding diaryl/α,β-unsaturated/α-hetero) is 1. The SMILES string of the molecule is [B]CC(=O)c1cc(C)cc(C)c1. The molecule has 1 nitrogen and oxygen atoms in total. The van der Waals surface area contributed by atoms with E-state index < -0.39 is 0 Å². The molecule has 1 rings (SSSR count). The summed E-state index contributed by atoms with van der Waals surface area (Å²) in [7, 11) is 5.25. The van der Waals surface area contributed by atoms with Crippen LogP contribution in [0.4, 0.5) is 0 Å². The first kappa shape index (κ1) is 9.05. The Balaban J connectivity index is 3.08. The summed E-state index contributed by atoms with van der Waals surface area (Å²) in [6.07, 6.45) is 0.0862. The molecular formula is C10H11BO. The highest BCUT2D eigenvalue weighted by molar-refractivity contribution is 6.24. The molecule has 0 heterocycles. The summed E-state index contributed by atoms with van der Waals surface area (Å²) < 4.78 is 0. The number of hydrogen-bond donors (Lipinski definition) is 0. The largest absolute Gasteiger partial charge is 0.295 e. The van der Waals surface area contributed by atoms with Crippen LogP contribution in [0.5, 0.6) is 0 Å². The average molecular weight is 158 g/mol. The summed E-state index contributed by atoms with van der Waals surface area (Å²) in [6.45, 7) is 3.95. The lowest BCUT2D eigenvalue weighted by Crippen LogP contribution is -1.98. The second kappa shape index (κ2) is 3.57. The fraction of sp³-hybridized carbons (Fsp3) is 0.300. The number of rotatable bonds is 2. The van der Waals surface area contributed by atoms with Crippen LogP contribution in [0, 0.1) is 13.8 Å². The van der Waals surface area contributed by atoms with Crippen LogP contribution < -0.4 is 0 Å². The molecule has 2 heteroatoms. The van der Waals surface area contributed by atoms with Crippen LogP contribution in [0.15, 0.2) is 18.2 Å². The molecule has 0 aliphatic carbocycles. The van der Waals surface area contributed by atoms with Gasteiger partial charge < -0.3 is 0 Å². The van der Waals surface area contributed by atoms with Gasteiger partial charge in [-0.15, -0.1) is 0 Å². The summed E-state index contributed by atoms with van der Waals surface area (Å²) in [4.78, 5) is 11.2. The van der Waals surface area contributed by atoms with Gasteiger partial charge in [0.05, 0.1) is 7.85 Å². The molecule has 0 spiro atoms. The van der Waals surface area contributed by atoms with Crippen molar-refractivity contribution in [3.8, 4) is 0 Å². The Hall–Kier alpha value is -1.05. The Labute approximate surface area is 74.2 Å². The zero-order chi connectivity index (χ0) is 9.14. The number of carbonyl (C=O) groups excluding carboxylic acids is 1. The van der Waals surface area contributed by atoms with E-state index in [9.17, 15) is 4.79 Å². The van der Waals surface area contributed by atoms with Crippen LogP contribution in [-0.4, -0.2) is 13.6 Å². The predicted octanol–water partition coefficient (Wildman–Crippen LogP) is 2.07. The summed E-state index contributed by atoms with van der Waals surface area (Å²) in [5, 5.41) is 0. The molecule has 12 heavy (non-hydrogen) atoms. The van der Waals surface area contributed by atoms with Gasteiger partial charge in [-0.1, -0.05) is 17.2 Å². The molecule has 0 N–H and O–H groups in total. The van der Waals surface area contributed by atoms with E-state index in [1.807, 2.05) is 32.0 Å². The summed E-state index contributed by atoms with van der Waals surface area (Å²) in [6, 6.07) is 5.76. The van der Waals surface area contributed by atoms with E-state index in [-0.39, 0.29) is 12.1 Å². The minimum atomic E-state index is 0.00167. The molecule has 1 aromatic carbocycles. The van der Waals surface area contributed by atoms with E-state index in [2.05, 4.69) is 0 Å². The van der Waals surface area contributed by atoms with Crippen molar-refractivity contribution >= 4 is 13.6 Å². The zero-order valence-corrected chi connectivity index (χ0v) is 7.42. The van der Waals surface area contributed by atoms with Crippen LogP contribution in [0.25, 0.3) is 0 Å². The molecule has 2 radical (unpaired) electrons. The molecule has 0 aromatic heterocycles. The number of hydrogen-bond acceptors (Lipinski definition) is 1. The second-order valence-corrected chi connectivity index (χ2v) is 3.00. The third-order valence-electron chi connectivity index (χ3n) is 1.73. The molecule has 0 aliphatic rings. The molecule has 0 saturated carbocycles. The van der Waals surface area contributed by atoms with Gasteiger partial charge in [-0.05, 0) is 32.3 Å². The smallest absolute Gasteiger partial charge is 0.154 e. The summed E-state index contributed by atoms with van der Waals surface area (Å²) in [5.74, 6) is 0.00167. The number of benzene rings is 1. The molecule has 0 unspecified atom stereocenters. The quantitative estimate of drug-likeness (QED) is 0.475. The van der Waals surface area contributed by atoms with Gasteiger partial charge in [0, 0.05) is 5.56 Å². The molecule has 1 aromatic rings. The van der Waals surface area contributed by atoms with Crippen molar-refractivity contribution in [3.63, 3.8) is 0 Å². The van der Waals surface area contributed by atoms with Crippen molar-refractivity contribution in [2.24, 2.45) is 0 Å². The van der Waals surface area contributed by atoms with Gasteiger partial charge in [-0.2, -0.15) is 0 Å². The average Bonchev–Trinajstić information content (AvgIpc) is 2.01. The van der Waals surface area contributed by atoms with Crippen molar-refractivity contribution < 1.29 is 4.79 Å². The molecule has 0 atom stereocenters. The van der Waals surface area contributed by atoms with Gasteiger partial charge in [0.1, 0.15) is 0 Å². The van der Waals surface area contributed by atoms with E-state index in [0.29, 0.717) is 0 Å². The monoisotopic (exact) mass is 158 g/mol. The second-order valence-electron chi connectivity index (χ2n) is 3.00. The third-order valence-corrected chi connectivity index (χ3v) is 1.73. The van der Waals surface area contributed by atoms with Crippen molar-refractivity contribution in [2.45, 2.75) is 20.2 Å². The third kappa shape index (κ3) is 1.97. The first-order chi connectivity index (χ1) is 5.63. The van der Waals surface area contributed by atoms with E-state index in [1.165, 1.54) is 0 Å². The minimum Gasteiger partial charge on any atom is -0.295 e. The van der Waals surface area contributed by atoms with Gasteiger partial charge in [0.25, 0.3) is 0 Å². The number of carbonyl (C=O) groups is 1. The molecule has 60 valence electrons. The van der Waals surface area contributed by atoms with Crippen molar-refractivity contribution in [1.82, 2.24) is 0 Å². The number of aryl methyl sites for hydroxylation is 2. The van der Waals surface area contributed by atoms with E-state index >= 15 is 0 Å². The van der Waals surface area contributed by atoms with E-state index in [1.54, 1.807) is 0 Å². The maximum Gasteiger partial charge on any atom is 0.154 e. The highest BCUT2D eigenvalue weighted by Crippen LogP contribution is 2.10. The van der Waals surface area contributed by atoms with Gasteiger partial charge in [0.15, 0.2) is 5.78 Å². The van der Waals surface area contributed by atoms with Crippen molar-refractivity contribution in [1.29, 1.82) is 0 Å². The minimum absolute atomic E-state index is 0.00167. The van der Waals surface area contributed by atoms with Gasteiger partial charge >= 0.3 is 0 Å². The Kier molecular flexibility index (Phi) is 2.69. The standard InChI is InChI=1S/C10H11BO/c1-7-3-8(2)5-9(4-7)10(12)6-11/h3-5H,6H2,1-2H3. The summed E-state index contributed by atoms with van der Waals surface area (Å²) >= 11 is 0. The predicted molar refractivity (Wildman–Crippen MR) is 50.8 cm³/mol. The highest BCUT2D eigenvalue weighted by Gasteiger charge is 2.02. The lowest BCUT2D eigenvalue weighted by Gasteiger charge is -2.01. The lowest BCUT2D eigenvalue weighted by atomic mass is 9.94. The fourth-order valence-corrected chi connectivity index (χ4v) is 1.25. The van der Waals surface area contributed by atoms with Crippen LogP contribution in [0.1, 0.15) is 21.5 Å². The molecule has 0 bridgehead atoms. The molecule has 0 saturated heterocycles.